The Morgan fingerprint density at radius 1 is 1.02 bits per heavy atom. The molecule has 13 heteroatoms. The van der Waals surface area contributed by atoms with Crippen molar-refractivity contribution in [3.63, 3.8) is 0 Å². The van der Waals surface area contributed by atoms with E-state index in [-0.39, 0.29) is 64.9 Å². The summed E-state index contributed by atoms with van der Waals surface area (Å²) in [6.07, 6.45) is -0.397. The Morgan fingerprint density at radius 2 is 1.71 bits per heavy atom. The third-order valence-corrected chi connectivity index (χ3v) is 9.16. The van der Waals surface area contributed by atoms with E-state index >= 15 is 0 Å². The van der Waals surface area contributed by atoms with Crippen molar-refractivity contribution >= 4 is 52.0 Å². The van der Waals surface area contributed by atoms with E-state index in [1.54, 1.807) is 53.4 Å². The van der Waals surface area contributed by atoms with Gasteiger partial charge in [-0.1, -0.05) is 67.1 Å². The number of carbonyl (C=O) groups is 3. The average molecular weight is 678 g/mol. The summed E-state index contributed by atoms with van der Waals surface area (Å²) in [5.74, 6) is -2.18. The molecule has 3 amide bonds. The first-order valence-corrected chi connectivity index (χ1v) is 16.9. The van der Waals surface area contributed by atoms with Gasteiger partial charge in [0.1, 0.15) is 11.9 Å². The number of aliphatic hydroxyl groups excluding tert-OH is 1. The molecule has 0 spiro atoms. The number of amides is 3. The second-order valence-electron chi connectivity index (χ2n) is 10.5. The Balaban J connectivity index is 1.75. The normalized spacial score (nSPS) is 12.7. The fourth-order valence-electron chi connectivity index (χ4n) is 4.58. The average Bonchev–Trinajstić information content (AvgIpc) is 3.00. The summed E-state index contributed by atoms with van der Waals surface area (Å²) in [4.78, 5) is 39.1. The topological polar surface area (TPSA) is 133 Å². The second kappa shape index (κ2) is 16.7. The molecule has 0 radical (unpaired) electrons. The van der Waals surface area contributed by atoms with E-state index in [0.717, 1.165) is 6.92 Å². The summed E-state index contributed by atoms with van der Waals surface area (Å²) >= 11 is 10.9. The minimum absolute atomic E-state index is 0.116. The minimum Gasteiger partial charge on any atom is -0.384 e. The predicted molar refractivity (Wildman–Crippen MR) is 175 cm³/mol. The molecule has 3 aromatic carbocycles. The van der Waals surface area contributed by atoms with Gasteiger partial charge in [-0.2, -0.15) is 12.6 Å². The maximum absolute atomic E-state index is 14.1. The molecule has 45 heavy (non-hydrogen) atoms. The van der Waals surface area contributed by atoms with Crippen LogP contribution in [0.15, 0.2) is 71.6 Å². The first-order valence-electron chi connectivity index (χ1n) is 14.4. The Morgan fingerprint density at radius 3 is 2.36 bits per heavy atom. The third-order valence-electron chi connectivity index (χ3n) is 7.00. The SMILES string of the molecule is CCCC(=O)N(CCNC(=O)[C@@H](CS)Cc1ccccc1F)Cc1ccc(-c2ccccc2S(=O)(=O)NC(=O)[C@H](C)O)c(Cl)c1. The Bertz CT molecular complexity index is 1620. The van der Waals surface area contributed by atoms with Crippen molar-refractivity contribution in [1.82, 2.24) is 14.9 Å². The summed E-state index contributed by atoms with van der Waals surface area (Å²) in [5.41, 5.74) is 1.74. The number of nitrogens with one attached hydrogen (secondary N) is 2. The van der Waals surface area contributed by atoms with E-state index < -0.39 is 28.0 Å². The van der Waals surface area contributed by atoms with Crippen LogP contribution in [-0.2, 0) is 37.4 Å². The van der Waals surface area contributed by atoms with E-state index in [4.69, 9.17) is 11.6 Å². The van der Waals surface area contributed by atoms with Gasteiger partial charge >= 0.3 is 0 Å². The zero-order valence-electron chi connectivity index (χ0n) is 25.0. The molecule has 0 bridgehead atoms. The number of hydrogen-bond acceptors (Lipinski definition) is 7. The quantitative estimate of drug-likeness (QED) is 0.177. The lowest BCUT2D eigenvalue weighted by atomic mass is 9.99. The standard InChI is InChI=1S/C32H37ClFN3O6S2/c1-3-8-30(39)37(16-15-35-32(41)24(20-44)18-23-9-4-6-11-28(23)34)19-22-13-14-25(27(33)17-22)26-10-5-7-12-29(26)45(42,43)36-31(40)21(2)38/h4-7,9-14,17,21,24,38,44H,3,8,15-16,18-20H2,1-2H3,(H,35,41)(H,36,40)/t21-,24+/m0/s1. The van der Waals surface area contributed by atoms with Crippen LogP contribution in [0.2, 0.25) is 5.02 Å². The van der Waals surface area contributed by atoms with E-state index in [1.165, 1.54) is 18.2 Å². The van der Waals surface area contributed by atoms with Crippen LogP contribution in [0.5, 0.6) is 0 Å². The van der Waals surface area contributed by atoms with Gasteiger partial charge in [0.15, 0.2) is 0 Å². The summed E-state index contributed by atoms with van der Waals surface area (Å²) < 4.78 is 41.8. The maximum atomic E-state index is 14.1. The molecule has 2 atom stereocenters. The Labute approximate surface area is 273 Å². The monoisotopic (exact) mass is 677 g/mol. The van der Waals surface area contributed by atoms with Crippen LogP contribution in [0.25, 0.3) is 11.1 Å². The van der Waals surface area contributed by atoms with Gasteiger partial charge in [0, 0.05) is 48.0 Å². The van der Waals surface area contributed by atoms with Gasteiger partial charge in [-0.3, -0.25) is 14.4 Å². The molecule has 0 aliphatic heterocycles. The number of benzene rings is 3. The predicted octanol–water partition coefficient (Wildman–Crippen LogP) is 4.37. The second-order valence-corrected chi connectivity index (χ2v) is 12.9. The zero-order chi connectivity index (χ0) is 33.1. The van der Waals surface area contributed by atoms with Gasteiger partial charge in [0.2, 0.25) is 11.8 Å². The number of rotatable bonds is 15. The van der Waals surface area contributed by atoms with Gasteiger partial charge in [-0.25, -0.2) is 17.5 Å². The van der Waals surface area contributed by atoms with Crippen molar-refractivity contribution in [2.45, 2.75) is 50.7 Å². The van der Waals surface area contributed by atoms with Crippen LogP contribution >= 0.6 is 24.2 Å². The van der Waals surface area contributed by atoms with Crippen LogP contribution in [0.3, 0.4) is 0 Å². The van der Waals surface area contributed by atoms with Crippen molar-refractivity contribution < 1.29 is 32.3 Å². The number of sulfonamides is 1. The molecule has 0 saturated heterocycles. The minimum atomic E-state index is -4.32. The molecular formula is C32H37ClFN3O6S2. The van der Waals surface area contributed by atoms with E-state index in [2.05, 4.69) is 17.9 Å². The van der Waals surface area contributed by atoms with Crippen molar-refractivity contribution in [3.8, 4) is 11.1 Å². The van der Waals surface area contributed by atoms with Crippen LogP contribution in [-0.4, -0.2) is 61.1 Å². The highest BCUT2D eigenvalue weighted by Gasteiger charge is 2.25. The molecule has 242 valence electrons. The molecular weight excluding hydrogens is 641 g/mol. The number of halogens is 2. The van der Waals surface area contributed by atoms with Gasteiger partial charge in [-0.15, -0.1) is 0 Å². The van der Waals surface area contributed by atoms with Gasteiger partial charge in [-0.05, 0) is 49.1 Å². The van der Waals surface area contributed by atoms with Crippen LogP contribution in [0.4, 0.5) is 4.39 Å². The molecule has 0 fully saturated rings. The molecule has 0 aliphatic carbocycles. The lowest BCUT2D eigenvalue weighted by Gasteiger charge is -2.24. The van der Waals surface area contributed by atoms with Gasteiger partial charge in [0.25, 0.3) is 15.9 Å². The lowest BCUT2D eigenvalue weighted by Crippen LogP contribution is -2.40. The molecule has 0 aromatic heterocycles. The highest BCUT2D eigenvalue weighted by molar-refractivity contribution is 7.90. The molecule has 3 N–H and O–H groups in total. The smallest absolute Gasteiger partial charge is 0.264 e. The van der Waals surface area contributed by atoms with E-state index in [9.17, 15) is 32.3 Å². The third kappa shape index (κ3) is 10.0. The van der Waals surface area contributed by atoms with Crippen molar-refractivity contribution in [1.29, 1.82) is 0 Å². The maximum Gasteiger partial charge on any atom is 0.264 e. The number of hydrogen-bond donors (Lipinski definition) is 4. The van der Waals surface area contributed by atoms with Crippen molar-refractivity contribution in [2.75, 3.05) is 18.8 Å². The highest BCUT2D eigenvalue weighted by Crippen LogP contribution is 2.33. The molecule has 3 aromatic rings. The molecule has 3 rings (SSSR count). The number of carbonyl (C=O) groups excluding carboxylic acids is 3. The Kier molecular flexibility index (Phi) is 13.4. The van der Waals surface area contributed by atoms with Crippen LogP contribution in [0, 0.1) is 11.7 Å². The zero-order valence-corrected chi connectivity index (χ0v) is 27.5. The largest absolute Gasteiger partial charge is 0.384 e. The van der Waals surface area contributed by atoms with Gasteiger partial charge < -0.3 is 15.3 Å². The molecule has 0 aliphatic rings. The first-order chi connectivity index (χ1) is 21.4. The summed E-state index contributed by atoms with van der Waals surface area (Å²) in [5, 5.41) is 12.5. The van der Waals surface area contributed by atoms with Crippen LogP contribution < -0.4 is 10.0 Å². The fraction of sp³-hybridized carbons (Fsp3) is 0.344. The molecule has 0 saturated carbocycles. The summed E-state index contributed by atoms with van der Waals surface area (Å²) in [6, 6.07) is 17.3. The van der Waals surface area contributed by atoms with Crippen molar-refractivity contribution in [3.05, 3.63) is 88.7 Å². The van der Waals surface area contributed by atoms with Gasteiger partial charge in [0.05, 0.1) is 10.8 Å². The molecule has 9 nitrogen and oxygen atoms in total. The van der Waals surface area contributed by atoms with E-state index in [0.29, 0.717) is 29.5 Å². The number of nitrogens with zero attached hydrogens (tertiary/aromatic N) is 1. The molecule has 0 unspecified atom stereocenters. The number of thiol groups is 1. The van der Waals surface area contributed by atoms with E-state index in [1.807, 2.05) is 11.6 Å². The van der Waals surface area contributed by atoms with Crippen LogP contribution in [0.1, 0.15) is 37.8 Å². The highest BCUT2D eigenvalue weighted by atomic mass is 35.5. The first kappa shape index (κ1) is 36.0. The molecule has 0 heterocycles. The summed E-state index contributed by atoms with van der Waals surface area (Å²) in [6.45, 7) is 3.61. The number of aliphatic hydroxyl groups is 1. The fourth-order valence-corrected chi connectivity index (χ4v) is 6.45. The summed E-state index contributed by atoms with van der Waals surface area (Å²) in [7, 11) is -4.32. The lowest BCUT2D eigenvalue weighted by molar-refractivity contribution is -0.132. The Hall–Kier alpha value is -3.45. The van der Waals surface area contributed by atoms with Crippen molar-refractivity contribution in [2.24, 2.45) is 5.92 Å².